The van der Waals surface area contributed by atoms with E-state index < -0.39 is 0 Å². The van der Waals surface area contributed by atoms with Crippen molar-refractivity contribution in [2.45, 2.75) is 33.1 Å². The molecule has 1 saturated heterocycles. The smallest absolute Gasteiger partial charge is 0.228 e. The number of amides is 2. The van der Waals surface area contributed by atoms with Gasteiger partial charge in [-0.25, -0.2) is 4.39 Å². The average Bonchev–Trinajstić information content (AvgIpc) is 2.98. The lowest BCUT2D eigenvalue weighted by molar-refractivity contribution is -0.132. The number of benzene rings is 1. The first kappa shape index (κ1) is 19.1. The molecule has 0 atom stereocenters. The molecule has 0 radical (unpaired) electrons. The SMILES string of the molecule is CCc1nn(C)c(NC(=O)C2CCN(C(C)=O)CC2)c1-c1ccc(F)cc1. The normalized spacial score (nSPS) is 15.0. The minimum atomic E-state index is -0.302. The Kier molecular flexibility index (Phi) is 5.58. The largest absolute Gasteiger partial charge is 0.343 e. The van der Waals surface area contributed by atoms with Gasteiger partial charge in [0, 0.05) is 38.5 Å². The van der Waals surface area contributed by atoms with E-state index in [0.717, 1.165) is 16.8 Å². The minimum Gasteiger partial charge on any atom is -0.343 e. The van der Waals surface area contributed by atoms with Gasteiger partial charge in [-0.3, -0.25) is 14.3 Å². The summed E-state index contributed by atoms with van der Waals surface area (Å²) in [5, 5.41) is 7.54. The molecule has 1 aliphatic heterocycles. The van der Waals surface area contributed by atoms with E-state index in [2.05, 4.69) is 10.4 Å². The molecule has 0 saturated carbocycles. The van der Waals surface area contributed by atoms with E-state index in [0.29, 0.717) is 38.2 Å². The summed E-state index contributed by atoms with van der Waals surface area (Å²) >= 11 is 0. The molecule has 1 fully saturated rings. The highest BCUT2D eigenvalue weighted by atomic mass is 19.1. The van der Waals surface area contributed by atoms with Crippen LogP contribution < -0.4 is 5.32 Å². The first-order chi connectivity index (χ1) is 12.9. The van der Waals surface area contributed by atoms with E-state index in [1.54, 1.807) is 35.7 Å². The summed E-state index contributed by atoms with van der Waals surface area (Å²) in [6.07, 6.45) is 2.00. The van der Waals surface area contributed by atoms with Crippen molar-refractivity contribution < 1.29 is 14.0 Å². The van der Waals surface area contributed by atoms with Crippen LogP contribution in [0.15, 0.2) is 24.3 Å². The van der Waals surface area contributed by atoms with Crippen LogP contribution in [0, 0.1) is 11.7 Å². The number of hydrogen-bond donors (Lipinski definition) is 1. The van der Waals surface area contributed by atoms with Crippen LogP contribution >= 0.6 is 0 Å². The van der Waals surface area contributed by atoms with Crippen molar-refractivity contribution in [3.8, 4) is 11.1 Å². The Morgan fingerprint density at radius 1 is 1.22 bits per heavy atom. The van der Waals surface area contributed by atoms with Crippen LogP contribution in [0.25, 0.3) is 11.1 Å². The minimum absolute atomic E-state index is 0.0478. The van der Waals surface area contributed by atoms with Gasteiger partial charge in [-0.05, 0) is 37.0 Å². The fourth-order valence-corrected chi connectivity index (χ4v) is 3.57. The number of aromatic nitrogens is 2. The van der Waals surface area contributed by atoms with Gasteiger partial charge >= 0.3 is 0 Å². The van der Waals surface area contributed by atoms with Crippen LogP contribution in [0.4, 0.5) is 10.2 Å². The van der Waals surface area contributed by atoms with Crippen LogP contribution in [0.5, 0.6) is 0 Å². The molecule has 2 heterocycles. The van der Waals surface area contributed by atoms with Gasteiger partial charge in [0.25, 0.3) is 0 Å². The molecule has 3 rings (SSSR count). The predicted octanol–water partition coefficient (Wildman–Crippen LogP) is 2.99. The van der Waals surface area contributed by atoms with Gasteiger partial charge in [0.15, 0.2) is 0 Å². The predicted molar refractivity (Wildman–Crippen MR) is 102 cm³/mol. The van der Waals surface area contributed by atoms with Crippen molar-refractivity contribution in [2.24, 2.45) is 13.0 Å². The van der Waals surface area contributed by atoms with Gasteiger partial charge in [0.2, 0.25) is 11.8 Å². The summed E-state index contributed by atoms with van der Waals surface area (Å²) in [5.41, 5.74) is 2.50. The zero-order valence-corrected chi connectivity index (χ0v) is 16.0. The number of aryl methyl sites for hydroxylation is 2. The molecule has 7 heteroatoms. The summed E-state index contributed by atoms with van der Waals surface area (Å²) in [6.45, 7) is 4.75. The Bertz CT molecular complexity index is 836. The summed E-state index contributed by atoms with van der Waals surface area (Å²) in [6, 6.07) is 6.22. The van der Waals surface area contributed by atoms with Crippen molar-refractivity contribution in [1.29, 1.82) is 0 Å². The first-order valence-corrected chi connectivity index (χ1v) is 9.28. The van der Waals surface area contributed by atoms with Gasteiger partial charge in [0.1, 0.15) is 11.6 Å². The number of rotatable bonds is 4. The lowest BCUT2D eigenvalue weighted by Crippen LogP contribution is -2.40. The highest BCUT2D eigenvalue weighted by Gasteiger charge is 2.28. The molecule has 2 aromatic rings. The average molecular weight is 372 g/mol. The molecule has 1 N–H and O–H groups in total. The first-order valence-electron chi connectivity index (χ1n) is 9.28. The molecule has 0 bridgehead atoms. The molecule has 0 aliphatic carbocycles. The van der Waals surface area contributed by atoms with Crippen molar-refractivity contribution in [3.63, 3.8) is 0 Å². The molecular weight excluding hydrogens is 347 g/mol. The third-order valence-corrected chi connectivity index (χ3v) is 5.14. The summed E-state index contributed by atoms with van der Waals surface area (Å²) in [7, 11) is 1.79. The number of anilines is 1. The second-order valence-corrected chi connectivity index (χ2v) is 6.92. The highest BCUT2D eigenvalue weighted by Crippen LogP contribution is 2.32. The number of carbonyl (C=O) groups is 2. The highest BCUT2D eigenvalue weighted by molar-refractivity contribution is 5.96. The second-order valence-electron chi connectivity index (χ2n) is 6.92. The van der Waals surface area contributed by atoms with E-state index in [-0.39, 0.29) is 23.5 Å². The zero-order valence-electron chi connectivity index (χ0n) is 16.0. The monoisotopic (exact) mass is 372 g/mol. The molecule has 1 aliphatic rings. The zero-order chi connectivity index (χ0) is 19.6. The number of piperidine rings is 1. The van der Waals surface area contributed by atoms with Crippen LogP contribution in [-0.4, -0.2) is 39.6 Å². The van der Waals surface area contributed by atoms with Crippen LogP contribution in [0.1, 0.15) is 32.4 Å². The molecule has 1 aromatic heterocycles. The van der Waals surface area contributed by atoms with E-state index in [1.807, 2.05) is 6.92 Å². The maximum Gasteiger partial charge on any atom is 0.228 e. The Balaban J connectivity index is 1.82. The van der Waals surface area contributed by atoms with Crippen molar-refractivity contribution in [2.75, 3.05) is 18.4 Å². The van der Waals surface area contributed by atoms with E-state index in [1.165, 1.54) is 12.1 Å². The third kappa shape index (κ3) is 4.02. The fraction of sp³-hybridized carbons (Fsp3) is 0.450. The Labute approximate surface area is 158 Å². The van der Waals surface area contributed by atoms with Gasteiger partial charge < -0.3 is 10.2 Å². The van der Waals surface area contributed by atoms with E-state index >= 15 is 0 Å². The lowest BCUT2D eigenvalue weighted by atomic mass is 9.95. The second kappa shape index (κ2) is 7.90. The fourth-order valence-electron chi connectivity index (χ4n) is 3.57. The van der Waals surface area contributed by atoms with Crippen molar-refractivity contribution in [3.05, 3.63) is 35.8 Å². The van der Waals surface area contributed by atoms with Crippen molar-refractivity contribution >= 4 is 17.6 Å². The van der Waals surface area contributed by atoms with Gasteiger partial charge in [0.05, 0.1) is 5.69 Å². The van der Waals surface area contributed by atoms with E-state index in [9.17, 15) is 14.0 Å². The molecule has 27 heavy (non-hydrogen) atoms. The molecule has 0 spiro atoms. The molecule has 144 valence electrons. The molecule has 2 amide bonds. The van der Waals surface area contributed by atoms with Gasteiger partial charge in [-0.15, -0.1) is 0 Å². The third-order valence-electron chi connectivity index (χ3n) is 5.14. The number of carbonyl (C=O) groups excluding carboxylic acids is 2. The summed E-state index contributed by atoms with van der Waals surface area (Å²) in [5.74, 6) is 0.168. The van der Waals surface area contributed by atoms with Crippen LogP contribution in [0.2, 0.25) is 0 Å². The Morgan fingerprint density at radius 3 is 2.41 bits per heavy atom. The standard InChI is InChI=1S/C20H25FN4O2/c1-4-17-18(14-5-7-16(21)8-6-14)19(24(3)23-17)22-20(27)15-9-11-25(12-10-15)13(2)26/h5-8,15H,4,9-12H2,1-3H3,(H,22,27). The number of likely N-dealkylation sites (tertiary alicyclic amines) is 1. The molecule has 6 nitrogen and oxygen atoms in total. The van der Waals surface area contributed by atoms with Gasteiger partial charge in [-0.2, -0.15) is 5.10 Å². The van der Waals surface area contributed by atoms with Crippen LogP contribution in [-0.2, 0) is 23.1 Å². The quantitative estimate of drug-likeness (QED) is 0.897. The lowest BCUT2D eigenvalue weighted by Gasteiger charge is -2.30. The number of hydrogen-bond acceptors (Lipinski definition) is 3. The van der Waals surface area contributed by atoms with E-state index in [4.69, 9.17) is 0 Å². The summed E-state index contributed by atoms with van der Waals surface area (Å²) in [4.78, 5) is 26.0. The number of halogens is 1. The topological polar surface area (TPSA) is 67.2 Å². The number of nitrogens with zero attached hydrogens (tertiary/aromatic N) is 3. The van der Waals surface area contributed by atoms with Crippen molar-refractivity contribution in [1.82, 2.24) is 14.7 Å². The maximum atomic E-state index is 13.3. The Morgan fingerprint density at radius 2 is 1.85 bits per heavy atom. The Hall–Kier alpha value is -2.70. The molecule has 1 aromatic carbocycles. The maximum absolute atomic E-state index is 13.3. The molecular formula is C20H25FN4O2. The molecule has 0 unspecified atom stereocenters. The van der Waals surface area contributed by atoms with Gasteiger partial charge in [-0.1, -0.05) is 19.1 Å². The number of nitrogens with one attached hydrogen (secondary N) is 1. The summed E-state index contributed by atoms with van der Waals surface area (Å²) < 4.78 is 15.0. The van der Waals surface area contributed by atoms with Crippen LogP contribution in [0.3, 0.4) is 0 Å².